The zero-order valence-corrected chi connectivity index (χ0v) is 12.3. The monoisotopic (exact) mass is 280 g/mol. The van der Waals surface area contributed by atoms with Crippen LogP contribution in [-0.4, -0.2) is 29.4 Å². The fourth-order valence-electron chi connectivity index (χ4n) is 2.69. The summed E-state index contributed by atoms with van der Waals surface area (Å²) in [5.41, 5.74) is 0.798. The summed E-state index contributed by atoms with van der Waals surface area (Å²) < 4.78 is 0. The minimum Gasteiger partial charge on any atom is -0.325 e. The minimum atomic E-state index is 0.0444. The van der Waals surface area contributed by atoms with E-state index in [2.05, 4.69) is 24.1 Å². The van der Waals surface area contributed by atoms with Crippen molar-refractivity contribution in [2.75, 3.05) is 11.9 Å². The average Bonchev–Trinajstić information content (AvgIpc) is 2.37. The van der Waals surface area contributed by atoms with E-state index in [4.69, 9.17) is 11.6 Å². The molecule has 1 aliphatic rings. The van der Waals surface area contributed by atoms with Crippen molar-refractivity contribution in [2.24, 2.45) is 0 Å². The van der Waals surface area contributed by atoms with Crippen molar-refractivity contribution in [3.63, 3.8) is 0 Å². The van der Waals surface area contributed by atoms with E-state index in [1.165, 1.54) is 19.3 Å². The first-order valence-corrected chi connectivity index (χ1v) is 7.25. The Morgan fingerprint density at radius 2 is 1.84 bits per heavy atom. The lowest BCUT2D eigenvalue weighted by Gasteiger charge is -2.38. The van der Waals surface area contributed by atoms with Crippen molar-refractivity contribution in [1.29, 1.82) is 0 Å². The van der Waals surface area contributed by atoms with E-state index < -0.39 is 0 Å². The van der Waals surface area contributed by atoms with Crippen LogP contribution in [0.2, 0.25) is 5.02 Å². The second-order valence-corrected chi connectivity index (χ2v) is 5.79. The van der Waals surface area contributed by atoms with E-state index in [0.29, 0.717) is 23.7 Å². The van der Waals surface area contributed by atoms with Crippen molar-refractivity contribution < 1.29 is 4.79 Å². The number of carbonyl (C=O) groups is 1. The third-order valence-corrected chi connectivity index (χ3v) is 4.08. The number of nitrogens with zero attached hydrogens (tertiary/aromatic N) is 1. The van der Waals surface area contributed by atoms with Gasteiger partial charge in [0.15, 0.2) is 0 Å². The van der Waals surface area contributed by atoms with Crippen LogP contribution in [0.1, 0.15) is 33.1 Å². The van der Waals surface area contributed by atoms with Gasteiger partial charge in [-0.05, 0) is 51.0 Å². The van der Waals surface area contributed by atoms with Gasteiger partial charge in [-0.2, -0.15) is 0 Å². The van der Waals surface area contributed by atoms with Gasteiger partial charge < -0.3 is 5.32 Å². The number of benzene rings is 1. The molecule has 1 heterocycles. The highest BCUT2D eigenvalue weighted by atomic mass is 35.5. The van der Waals surface area contributed by atoms with Gasteiger partial charge in [0.2, 0.25) is 5.91 Å². The first kappa shape index (κ1) is 14.4. The maximum Gasteiger partial charge on any atom is 0.238 e. The highest BCUT2D eigenvalue weighted by Crippen LogP contribution is 2.22. The third-order valence-electron chi connectivity index (χ3n) is 3.83. The molecule has 1 aliphatic heterocycles. The van der Waals surface area contributed by atoms with Crippen molar-refractivity contribution in [2.45, 2.75) is 45.2 Å². The van der Waals surface area contributed by atoms with E-state index in [9.17, 15) is 4.79 Å². The quantitative estimate of drug-likeness (QED) is 0.918. The average molecular weight is 281 g/mol. The highest BCUT2D eigenvalue weighted by molar-refractivity contribution is 6.30. The van der Waals surface area contributed by atoms with Gasteiger partial charge in [0, 0.05) is 22.8 Å². The number of hydrogen-bond donors (Lipinski definition) is 1. The number of halogens is 1. The largest absolute Gasteiger partial charge is 0.325 e. The molecule has 2 unspecified atom stereocenters. The number of hydrogen-bond acceptors (Lipinski definition) is 2. The van der Waals surface area contributed by atoms with Crippen LogP contribution >= 0.6 is 11.6 Å². The molecule has 3 nitrogen and oxygen atoms in total. The summed E-state index contributed by atoms with van der Waals surface area (Å²) in [5, 5.41) is 3.60. The van der Waals surface area contributed by atoms with E-state index in [1.807, 2.05) is 12.1 Å². The Kier molecular flexibility index (Phi) is 4.83. The van der Waals surface area contributed by atoms with Gasteiger partial charge in [-0.1, -0.05) is 18.0 Å². The maximum atomic E-state index is 12.1. The number of rotatable bonds is 3. The molecule has 1 amide bonds. The number of carbonyl (C=O) groups excluding carboxylic acids is 1. The number of likely N-dealkylation sites (tertiary alicyclic amines) is 1. The molecule has 0 radical (unpaired) electrons. The van der Waals surface area contributed by atoms with Crippen LogP contribution < -0.4 is 5.32 Å². The van der Waals surface area contributed by atoms with E-state index in [-0.39, 0.29) is 5.91 Å². The summed E-state index contributed by atoms with van der Waals surface area (Å²) >= 11 is 5.82. The second-order valence-electron chi connectivity index (χ2n) is 5.36. The Labute approximate surface area is 119 Å². The van der Waals surface area contributed by atoms with E-state index in [1.54, 1.807) is 12.1 Å². The van der Waals surface area contributed by atoms with Gasteiger partial charge >= 0.3 is 0 Å². The lowest BCUT2D eigenvalue weighted by Crippen LogP contribution is -2.47. The van der Waals surface area contributed by atoms with Gasteiger partial charge in [-0.15, -0.1) is 0 Å². The maximum absolute atomic E-state index is 12.1. The standard InChI is InChI=1S/C15H21ClN2O/c1-11-4-3-5-12(2)18(11)10-15(19)17-14-8-6-13(16)7-9-14/h6-9,11-12H,3-5,10H2,1-2H3,(H,17,19). The van der Waals surface area contributed by atoms with E-state index in [0.717, 1.165) is 5.69 Å². The zero-order chi connectivity index (χ0) is 13.8. The van der Waals surface area contributed by atoms with Gasteiger partial charge in [0.25, 0.3) is 0 Å². The molecule has 1 saturated heterocycles. The first-order chi connectivity index (χ1) is 9.06. The molecule has 1 aromatic carbocycles. The smallest absolute Gasteiger partial charge is 0.238 e. The first-order valence-electron chi connectivity index (χ1n) is 6.87. The lowest BCUT2D eigenvalue weighted by atomic mass is 9.97. The summed E-state index contributed by atoms with van der Waals surface area (Å²) in [6, 6.07) is 8.18. The fourth-order valence-corrected chi connectivity index (χ4v) is 2.81. The minimum absolute atomic E-state index is 0.0444. The molecule has 1 fully saturated rings. The molecule has 1 N–H and O–H groups in total. The molecule has 0 aromatic heterocycles. The van der Waals surface area contributed by atoms with Crippen LogP contribution in [0.4, 0.5) is 5.69 Å². The lowest BCUT2D eigenvalue weighted by molar-refractivity contribution is -0.118. The predicted molar refractivity (Wildman–Crippen MR) is 79.6 cm³/mol. The fraction of sp³-hybridized carbons (Fsp3) is 0.533. The summed E-state index contributed by atoms with van der Waals surface area (Å²) in [6.07, 6.45) is 3.62. The molecular formula is C15H21ClN2O. The topological polar surface area (TPSA) is 32.3 Å². The number of anilines is 1. The summed E-state index contributed by atoms with van der Waals surface area (Å²) in [5.74, 6) is 0.0444. The SMILES string of the molecule is CC1CCCC(C)N1CC(=O)Nc1ccc(Cl)cc1. The Bertz CT molecular complexity index is 422. The van der Waals surface area contributed by atoms with Crippen LogP contribution in [0.15, 0.2) is 24.3 Å². The molecule has 1 aromatic rings. The van der Waals surface area contributed by atoms with Gasteiger partial charge in [0.1, 0.15) is 0 Å². The van der Waals surface area contributed by atoms with Crippen LogP contribution in [0, 0.1) is 0 Å². The summed E-state index contributed by atoms with van der Waals surface area (Å²) in [7, 11) is 0. The summed E-state index contributed by atoms with van der Waals surface area (Å²) in [6.45, 7) is 4.86. The molecule has 0 saturated carbocycles. The normalized spacial score (nSPS) is 24.2. The van der Waals surface area contributed by atoms with Gasteiger partial charge in [-0.3, -0.25) is 9.69 Å². The molecule has 2 atom stereocenters. The van der Waals surface area contributed by atoms with Crippen molar-refractivity contribution in [3.05, 3.63) is 29.3 Å². The number of amides is 1. The molecule has 19 heavy (non-hydrogen) atoms. The Hall–Kier alpha value is -1.06. The molecule has 0 aliphatic carbocycles. The molecular weight excluding hydrogens is 260 g/mol. The van der Waals surface area contributed by atoms with Crippen molar-refractivity contribution >= 4 is 23.2 Å². The van der Waals surface area contributed by atoms with Crippen molar-refractivity contribution in [1.82, 2.24) is 4.90 Å². The predicted octanol–water partition coefficient (Wildman–Crippen LogP) is 3.54. The van der Waals surface area contributed by atoms with Crippen molar-refractivity contribution in [3.8, 4) is 0 Å². The van der Waals surface area contributed by atoms with Crippen LogP contribution in [0.3, 0.4) is 0 Å². The Morgan fingerprint density at radius 1 is 1.26 bits per heavy atom. The second kappa shape index (κ2) is 6.40. The van der Waals surface area contributed by atoms with Crippen LogP contribution in [-0.2, 0) is 4.79 Å². The third kappa shape index (κ3) is 3.95. The Morgan fingerprint density at radius 3 is 2.42 bits per heavy atom. The Balaban J connectivity index is 1.91. The van der Waals surface area contributed by atoms with Crippen LogP contribution in [0.25, 0.3) is 0 Å². The summed E-state index contributed by atoms with van der Waals surface area (Å²) in [4.78, 5) is 14.4. The molecule has 4 heteroatoms. The van der Waals surface area contributed by atoms with Gasteiger partial charge in [-0.25, -0.2) is 0 Å². The highest BCUT2D eigenvalue weighted by Gasteiger charge is 2.26. The molecule has 2 rings (SSSR count). The zero-order valence-electron chi connectivity index (χ0n) is 11.5. The molecule has 0 spiro atoms. The van der Waals surface area contributed by atoms with Crippen LogP contribution in [0.5, 0.6) is 0 Å². The van der Waals surface area contributed by atoms with Gasteiger partial charge in [0.05, 0.1) is 6.54 Å². The molecule has 0 bridgehead atoms. The molecule has 104 valence electrons. The van der Waals surface area contributed by atoms with E-state index >= 15 is 0 Å². The number of nitrogens with one attached hydrogen (secondary N) is 1. The number of piperidine rings is 1.